The lowest BCUT2D eigenvalue weighted by molar-refractivity contribution is 0.0691. The number of nitrogens with two attached hydrogens (primary N) is 1. The van der Waals surface area contributed by atoms with Gasteiger partial charge in [-0.05, 0) is 25.0 Å². The van der Waals surface area contributed by atoms with Gasteiger partial charge >= 0.3 is 5.97 Å². The maximum absolute atomic E-state index is 14.7. The zero-order chi connectivity index (χ0) is 17.6. The van der Waals surface area contributed by atoms with Gasteiger partial charge in [-0.3, -0.25) is 0 Å². The van der Waals surface area contributed by atoms with Crippen LogP contribution in [0.25, 0.3) is 11.3 Å². The van der Waals surface area contributed by atoms with Crippen LogP contribution in [0.4, 0.5) is 14.5 Å². The molecular formula is C15H10Cl2F2N2O3. The van der Waals surface area contributed by atoms with Crippen molar-refractivity contribution in [2.75, 3.05) is 5.73 Å². The Labute approximate surface area is 145 Å². The summed E-state index contributed by atoms with van der Waals surface area (Å²) in [5, 5.41) is 8.55. The molecular weight excluding hydrogens is 365 g/mol. The Kier molecular flexibility index (Phi) is 4.23. The molecule has 24 heavy (non-hydrogen) atoms. The number of carboxylic acid groups (broad SMARTS) is 1. The van der Waals surface area contributed by atoms with Crippen LogP contribution >= 0.6 is 23.2 Å². The van der Waals surface area contributed by atoms with Gasteiger partial charge in [0.05, 0.1) is 21.8 Å². The van der Waals surface area contributed by atoms with Gasteiger partial charge in [-0.1, -0.05) is 23.2 Å². The molecule has 3 rings (SSSR count). The lowest BCUT2D eigenvalue weighted by Gasteiger charge is -2.13. The van der Waals surface area contributed by atoms with Crippen LogP contribution in [0.3, 0.4) is 0 Å². The smallest absolute Gasteiger partial charge is 0.356 e. The fourth-order valence-electron chi connectivity index (χ4n) is 2.06. The molecule has 0 amide bonds. The predicted molar refractivity (Wildman–Crippen MR) is 84.6 cm³/mol. The predicted octanol–water partition coefficient (Wildman–Crippen LogP) is 4.16. The number of anilines is 1. The highest BCUT2D eigenvalue weighted by Crippen LogP contribution is 2.40. The van der Waals surface area contributed by atoms with Crippen LogP contribution in [-0.2, 0) is 0 Å². The molecule has 0 radical (unpaired) electrons. The van der Waals surface area contributed by atoms with Crippen LogP contribution in [-0.4, -0.2) is 22.2 Å². The average Bonchev–Trinajstić information content (AvgIpc) is 3.34. The first-order chi connectivity index (χ1) is 11.3. The Bertz CT molecular complexity index is 857. The minimum Gasteiger partial charge on any atom is -0.486 e. The Morgan fingerprint density at radius 3 is 2.54 bits per heavy atom. The average molecular weight is 375 g/mol. The summed E-state index contributed by atoms with van der Waals surface area (Å²) in [5.41, 5.74) is 3.27. The number of rotatable bonds is 4. The van der Waals surface area contributed by atoms with E-state index in [0.717, 1.165) is 12.8 Å². The van der Waals surface area contributed by atoms with Crippen molar-refractivity contribution in [2.45, 2.75) is 18.9 Å². The molecule has 1 aromatic carbocycles. The molecule has 3 N–H and O–H groups in total. The minimum atomic E-state index is -1.52. The lowest BCUT2D eigenvalue weighted by Crippen LogP contribution is -2.09. The Hall–Kier alpha value is -2.12. The molecule has 0 atom stereocenters. The molecule has 0 spiro atoms. The zero-order valence-corrected chi connectivity index (χ0v) is 13.5. The number of aromatic nitrogens is 1. The maximum atomic E-state index is 14.7. The fourth-order valence-corrected chi connectivity index (χ4v) is 2.45. The minimum absolute atomic E-state index is 0.0175. The number of carboxylic acids is 1. The Morgan fingerprint density at radius 2 is 1.96 bits per heavy atom. The number of hydrogen-bond acceptors (Lipinski definition) is 4. The molecule has 126 valence electrons. The second-order valence-corrected chi connectivity index (χ2v) is 6.00. The number of ether oxygens (including phenoxy) is 1. The van der Waals surface area contributed by atoms with Crippen molar-refractivity contribution in [1.82, 2.24) is 4.98 Å². The third-order valence-electron chi connectivity index (χ3n) is 3.43. The van der Waals surface area contributed by atoms with Crippen molar-refractivity contribution in [2.24, 2.45) is 0 Å². The highest BCUT2D eigenvalue weighted by molar-refractivity contribution is 6.35. The number of hydrogen-bond donors (Lipinski definition) is 2. The highest BCUT2D eigenvalue weighted by Gasteiger charge is 2.29. The topological polar surface area (TPSA) is 85.4 Å². The largest absolute Gasteiger partial charge is 0.486 e. The molecule has 1 aliphatic rings. The van der Waals surface area contributed by atoms with Gasteiger partial charge in [0, 0.05) is 5.56 Å². The van der Waals surface area contributed by atoms with E-state index in [1.165, 1.54) is 12.1 Å². The van der Waals surface area contributed by atoms with Crippen molar-refractivity contribution in [3.05, 3.63) is 39.5 Å². The third kappa shape index (κ3) is 2.85. The summed E-state index contributed by atoms with van der Waals surface area (Å²) < 4.78 is 34.5. The summed E-state index contributed by atoms with van der Waals surface area (Å²) in [6, 6.07) is 2.48. The van der Waals surface area contributed by atoms with E-state index in [1.807, 2.05) is 0 Å². The second kappa shape index (κ2) is 6.07. The lowest BCUT2D eigenvalue weighted by atomic mass is 10.1. The highest BCUT2D eigenvalue weighted by atomic mass is 35.5. The first-order valence-electron chi connectivity index (χ1n) is 6.84. The zero-order valence-electron chi connectivity index (χ0n) is 11.9. The molecule has 0 saturated heterocycles. The van der Waals surface area contributed by atoms with E-state index in [4.69, 9.17) is 38.8 Å². The summed E-state index contributed by atoms with van der Waals surface area (Å²) in [6.07, 6.45) is 1.39. The molecule has 0 unspecified atom stereocenters. The van der Waals surface area contributed by atoms with Crippen molar-refractivity contribution in [3.63, 3.8) is 0 Å². The van der Waals surface area contributed by atoms with Crippen molar-refractivity contribution >= 4 is 34.9 Å². The van der Waals surface area contributed by atoms with Crippen LogP contribution < -0.4 is 10.5 Å². The monoisotopic (exact) mass is 374 g/mol. The van der Waals surface area contributed by atoms with E-state index in [9.17, 15) is 13.6 Å². The van der Waals surface area contributed by atoms with Gasteiger partial charge < -0.3 is 15.6 Å². The number of nitrogen functional groups attached to an aromatic ring is 1. The van der Waals surface area contributed by atoms with Gasteiger partial charge in [-0.2, -0.15) is 0 Å². The van der Waals surface area contributed by atoms with Crippen LogP contribution in [0, 0.1) is 11.6 Å². The quantitative estimate of drug-likeness (QED) is 0.839. The molecule has 1 aromatic heterocycles. The first kappa shape index (κ1) is 16.7. The molecule has 5 nitrogen and oxygen atoms in total. The van der Waals surface area contributed by atoms with E-state index in [1.54, 1.807) is 0 Å². The summed E-state index contributed by atoms with van der Waals surface area (Å²) in [4.78, 5) is 14.8. The van der Waals surface area contributed by atoms with Crippen LogP contribution in [0.2, 0.25) is 10.0 Å². The number of pyridine rings is 1. The van der Waals surface area contributed by atoms with Crippen LogP contribution in [0.5, 0.6) is 5.75 Å². The second-order valence-electron chi connectivity index (χ2n) is 5.21. The van der Waals surface area contributed by atoms with E-state index >= 15 is 0 Å². The number of halogens is 4. The van der Waals surface area contributed by atoms with Crippen LogP contribution in [0.1, 0.15) is 23.3 Å². The van der Waals surface area contributed by atoms with Gasteiger partial charge in [0.15, 0.2) is 23.1 Å². The molecule has 1 aliphatic carbocycles. The van der Waals surface area contributed by atoms with Crippen LogP contribution in [0.15, 0.2) is 12.1 Å². The van der Waals surface area contributed by atoms with Crippen molar-refractivity contribution in [1.29, 1.82) is 0 Å². The summed E-state index contributed by atoms with van der Waals surface area (Å²) in [7, 11) is 0. The molecule has 1 heterocycles. The summed E-state index contributed by atoms with van der Waals surface area (Å²) in [6.45, 7) is 0. The third-order valence-corrected chi connectivity index (χ3v) is 4.11. The van der Waals surface area contributed by atoms with E-state index in [0.29, 0.717) is 0 Å². The molecule has 1 saturated carbocycles. The number of nitrogens with zero attached hydrogens (tertiary/aromatic N) is 1. The molecule has 0 bridgehead atoms. The van der Waals surface area contributed by atoms with Crippen molar-refractivity contribution < 1.29 is 23.4 Å². The first-order valence-corrected chi connectivity index (χ1v) is 7.59. The maximum Gasteiger partial charge on any atom is 0.356 e. The van der Waals surface area contributed by atoms with Gasteiger partial charge in [-0.25, -0.2) is 18.6 Å². The molecule has 9 heteroatoms. The number of carbonyl (C=O) groups is 1. The Morgan fingerprint density at radius 1 is 1.29 bits per heavy atom. The van der Waals surface area contributed by atoms with Gasteiger partial charge in [0.25, 0.3) is 0 Å². The molecule has 0 aliphatic heterocycles. The molecule has 1 fully saturated rings. The summed E-state index contributed by atoms with van der Waals surface area (Å²) >= 11 is 11.6. The SMILES string of the molecule is Nc1c(F)c(-c2ccc(Cl)c(OC3CC3)c2F)nc(C(=O)O)c1Cl. The fraction of sp³-hybridized carbons (Fsp3) is 0.200. The normalized spacial score (nSPS) is 13.8. The van der Waals surface area contributed by atoms with Gasteiger partial charge in [0.1, 0.15) is 5.69 Å². The number of benzene rings is 1. The van der Waals surface area contributed by atoms with E-state index < -0.39 is 39.7 Å². The van der Waals surface area contributed by atoms with Gasteiger partial charge in [-0.15, -0.1) is 0 Å². The van der Waals surface area contributed by atoms with Gasteiger partial charge in [0.2, 0.25) is 0 Å². The standard InChI is InChI=1S/C15H10Cl2F2N2O3/c16-7-4-3-6(9(18)14(7)24-5-1-2-5)12-10(19)11(20)8(17)13(21-12)15(22)23/h3-5H,1-2H2,(H2,20,21)(H,22,23). The number of aromatic carboxylic acids is 1. The Balaban J connectivity index is 2.20. The summed E-state index contributed by atoms with van der Waals surface area (Å²) in [5.74, 6) is -3.82. The van der Waals surface area contributed by atoms with Crippen molar-refractivity contribution in [3.8, 4) is 17.0 Å². The van der Waals surface area contributed by atoms with E-state index in [2.05, 4.69) is 4.98 Å². The van der Waals surface area contributed by atoms with E-state index in [-0.39, 0.29) is 22.4 Å². The molecule has 2 aromatic rings.